The molecule has 0 aromatic heterocycles. The quantitative estimate of drug-likeness (QED) is 0.465. The molecule has 0 aromatic carbocycles. The Morgan fingerprint density at radius 2 is 1.54 bits per heavy atom. The average Bonchev–Trinajstić information content (AvgIpc) is 2.01. The predicted molar refractivity (Wildman–Crippen MR) is 41.3 cm³/mol. The second kappa shape index (κ2) is 8.38. The van der Waals surface area contributed by atoms with E-state index in [1.54, 1.807) is 0 Å². The van der Waals surface area contributed by atoms with Crippen molar-refractivity contribution >= 4 is 24.0 Å². The van der Waals surface area contributed by atoms with E-state index in [1.165, 1.54) is 6.92 Å². The maximum atomic E-state index is 10.2. The molecular formula is C7H10O6. The lowest BCUT2D eigenvalue weighted by Crippen LogP contribution is -2.13. The highest BCUT2D eigenvalue weighted by atomic mass is 16.4. The van der Waals surface area contributed by atoms with Gasteiger partial charge in [0.1, 0.15) is 6.29 Å². The SMILES string of the molecule is CC=O.O=C(O)CCC(=O)C(=O)O. The van der Waals surface area contributed by atoms with Gasteiger partial charge in [0, 0.05) is 6.42 Å². The fourth-order valence-electron chi connectivity index (χ4n) is 0.327. The number of carbonyl (C=O) groups is 4. The molecule has 0 aromatic rings. The summed E-state index contributed by atoms with van der Waals surface area (Å²) in [5.41, 5.74) is 0. The van der Waals surface area contributed by atoms with E-state index < -0.39 is 30.6 Å². The predicted octanol–water partition coefficient (Wildman–Crippen LogP) is -0.290. The largest absolute Gasteiger partial charge is 0.481 e. The lowest BCUT2D eigenvalue weighted by molar-refractivity contribution is -0.149. The van der Waals surface area contributed by atoms with Crippen molar-refractivity contribution < 1.29 is 29.4 Å². The molecular weight excluding hydrogens is 180 g/mol. The molecule has 6 heteroatoms. The van der Waals surface area contributed by atoms with Gasteiger partial charge in [0.05, 0.1) is 6.42 Å². The minimum absolute atomic E-state index is 0.425. The molecule has 0 rings (SSSR count). The van der Waals surface area contributed by atoms with E-state index in [1.807, 2.05) is 0 Å². The molecule has 0 spiro atoms. The van der Waals surface area contributed by atoms with Crippen molar-refractivity contribution in [3.63, 3.8) is 0 Å². The number of carboxylic acid groups (broad SMARTS) is 2. The fourth-order valence-corrected chi connectivity index (χ4v) is 0.327. The van der Waals surface area contributed by atoms with Gasteiger partial charge in [-0.3, -0.25) is 9.59 Å². The van der Waals surface area contributed by atoms with Gasteiger partial charge < -0.3 is 15.0 Å². The van der Waals surface area contributed by atoms with Crippen LogP contribution in [0.1, 0.15) is 19.8 Å². The molecule has 13 heavy (non-hydrogen) atoms. The molecule has 0 unspecified atom stereocenters. The van der Waals surface area contributed by atoms with E-state index in [0.29, 0.717) is 0 Å². The van der Waals surface area contributed by atoms with Gasteiger partial charge in [0.25, 0.3) is 0 Å². The summed E-state index contributed by atoms with van der Waals surface area (Å²) in [6, 6.07) is 0. The first-order valence-corrected chi connectivity index (χ1v) is 3.33. The number of aliphatic carboxylic acids is 2. The summed E-state index contributed by atoms with van der Waals surface area (Å²) in [7, 11) is 0. The summed E-state index contributed by atoms with van der Waals surface area (Å²) < 4.78 is 0. The van der Waals surface area contributed by atoms with Gasteiger partial charge >= 0.3 is 11.9 Å². The van der Waals surface area contributed by atoms with Crippen LogP contribution in [0.25, 0.3) is 0 Å². The van der Waals surface area contributed by atoms with E-state index in [-0.39, 0.29) is 0 Å². The highest BCUT2D eigenvalue weighted by molar-refractivity contribution is 6.32. The molecule has 0 atom stereocenters. The minimum atomic E-state index is -1.58. The highest BCUT2D eigenvalue weighted by Crippen LogP contribution is 1.89. The molecule has 0 heterocycles. The first-order valence-electron chi connectivity index (χ1n) is 3.33. The van der Waals surface area contributed by atoms with Gasteiger partial charge in [0.2, 0.25) is 5.78 Å². The average molecular weight is 190 g/mol. The van der Waals surface area contributed by atoms with Gasteiger partial charge in [-0.1, -0.05) is 0 Å². The first kappa shape index (κ1) is 13.8. The fraction of sp³-hybridized carbons (Fsp3) is 0.429. The smallest absolute Gasteiger partial charge is 0.372 e. The zero-order chi connectivity index (χ0) is 10.9. The number of ketones is 1. The van der Waals surface area contributed by atoms with E-state index in [9.17, 15) is 14.4 Å². The molecule has 0 aliphatic heterocycles. The van der Waals surface area contributed by atoms with Crippen LogP contribution in [-0.2, 0) is 19.2 Å². The summed E-state index contributed by atoms with van der Waals surface area (Å²) >= 11 is 0. The Morgan fingerprint density at radius 3 is 1.77 bits per heavy atom. The summed E-state index contributed by atoms with van der Waals surface area (Å²) in [5.74, 6) is -3.82. The number of Topliss-reactive ketones (excluding diaryl/α,β-unsaturated/α-hetero) is 1. The third-order valence-electron chi connectivity index (χ3n) is 0.804. The first-order chi connectivity index (χ1) is 5.95. The van der Waals surface area contributed by atoms with Crippen LogP contribution >= 0.6 is 0 Å². The third-order valence-corrected chi connectivity index (χ3v) is 0.804. The van der Waals surface area contributed by atoms with Crippen molar-refractivity contribution in [2.45, 2.75) is 19.8 Å². The zero-order valence-electron chi connectivity index (χ0n) is 7.02. The van der Waals surface area contributed by atoms with Crippen molar-refractivity contribution in [2.24, 2.45) is 0 Å². The van der Waals surface area contributed by atoms with Crippen molar-refractivity contribution in [3.8, 4) is 0 Å². The van der Waals surface area contributed by atoms with Crippen LogP contribution in [0.3, 0.4) is 0 Å². The van der Waals surface area contributed by atoms with Crippen LogP contribution < -0.4 is 0 Å². The number of rotatable bonds is 4. The van der Waals surface area contributed by atoms with Crippen LogP contribution in [0, 0.1) is 0 Å². The van der Waals surface area contributed by atoms with Gasteiger partial charge in [0.15, 0.2) is 0 Å². The number of carbonyl (C=O) groups excluding carboxylic acids is 2. The molecule has 0 saturated heterocycles. The molecule has 0 aliphatic carbocycles. The van der Waals surface area contributed by atoms with E-state index >= 15 is 0 Å². The second-order valence-electron chi connectivity index (χ2n) is 1.86. The normalized spacial score (nSPS) is 7.77. The van der Waals surface area contributed by atoms with E-state index in [2.05, 4.69) is 0 Å². The van der Waals surface area contributed by atoms with Gasteiger partial charge in [-0.2, -0.15) is 0 Å². The van der Waals surface area contributed by atoms with Crippen LogP contribution in [0.2, 0.25) is 0 Å². The third kappa shape index (κ3) is 13.3. The van der Waals surface area contributed by atoms with E-state index in [0.717, 1.165) is 6.29 Å². The Labute approximate surface area is 74.2 Å². The van der Waals surface area contributed by atoms with Crippen molar-refractivity contribution in [1.82, 2.24) is 0 Å². The number of hydrogen-bond acceptors (Lipinski definition) is 4. The lowest BCUT2D eigenvalue weighted by atomic mass is 10.2. The summed E-state index contributed by atoms with van der Waals surface area (Å²) in [6.07, 6.45) is -0.115. The van der Waals surface area contributed by atoms with Crippen molar-refractivity contribution in [3.05, 3.63) is 0 Å². The van der Waals surface area contributed by atoms with Gasteiger partial charge in [-0.05, 0) is 6.92 Å². The van der Waals surface area contributed by atoms with Crippen LogP contribution in [-0.4, -0.2) is 34.2 Å². The Bertz CT molecular complexity index is 207. The van der Waals surface area contributed by atoms with Crippen LogP contribution in [0.5, 0.6) is 0 Å². The van der Waals surface area contributed by atoms with Crippen LogP contribution in [0.15, 0.2) is 0 Å². The highest BCUT2D eigenvalue weighted by Gasteiger charge is 2.12. The molecule has 0 amide bonds. The van der Waals surface area contributed by atoms with Gasteiger partial charge in [-0.25, -0.2) is 4.79 Å². The van der Waals surface area contributed by atoms with Crippen molar-refractivity contribution in [1.29, 1.82) is 0 Å². The standard InChI is InChI=1S/C5H6O5.C2H4O/c6-3(5(9)10)1-2-4(7)8;1-2-3/h1-2H2,(H,7,8)(H,9,10);2H,1H3. The Hall–Kier alpha value is -1.72. The summed E-state index contributed by atoms with van der Waals surface area (Å²) in [6.45, 7) is 1.44. The van der Waals surface area contributed by atoms with Gasteiger partial charge in [-0.15, -0.1) is 0 Å². The minimum Gasteiger partial charge on any atom is -0.481 e. The lowest BCUT2D eigenvalue weighted by Gasteiger charge is -1.88. The number of aldehydes is 1. The maximum Gasteiger partial charge on any atom is 0.372 e. The molecule has 74 valence electrons. The molecule has 2 N–H and O–H groups in total. The maximum absolute atomic E-state index is 10.2. The number of carboxylic acids is 2. The Balaban J connectivity index is 0. The topological polar surface area (TPSA) is 109 Å². The summed E-state index contributed by atoms with van der Waals surface area (Å²) in [5, 5.41) is 16.0. The Kier molecular flexibility index (Phi) is 8.92. The molecule has 0 saturated carbocycles. The monoisotopic (exact) mass is 190 g/mol. The molecule has 0 radical (unpaired) electrons. The second-order valence-corrected chi connectivity index (χ2v) is 1.86. The molecule has 0 aliphatic rings. The van der Waals surface area contributed by atoms with Crippen molar-refractivity contribution in [2.75, 3.05) is 0 Å². The Morgan fingerprint density at radius 1 is 1.15 bits per heavy atom. The number of hydrogen-bond donors (Lipinski definition) is 2. The van der Waals surface area contributed by atoms with E-state index in [4.69, 9.17) is 15.0 Å². The molecule has 6 nitrogen and oxygen atoms in total. The zero-order valence-corrected chi connectivity index (χ0v) is 7.02. The molecule has 0 fully saturated rings. The van der Waals surface area contributed by atoms with Crippen LogP contribution in [0.4, 0.5) is 0 Å². The molecule has 0 bridgehead atoms. The summed E-state index contributed by atoms with van der Waals surface area (Å²) in [4.78, 5) is 38.5.